The SMILES string of the molecule is CSC1=C(C#N)C(=O)NC(C)(C)S1. The highest BCUT2D eigenvalue weighted by molar-refractivity contribution is 8.22. The fourth-order valence-corrected chi connectivity index (χ4v) is 3.13. The summed E-state index contributed by atoms with van der Waals surface area (Å²) in [4.78, 5) is 11.1. The third kappa shape index (κ3) is 2.20. The van der Waals surface area contributed by atoms with Crippen molar-refractivity contribution in [2.24, 2.45) is 0 Å². The maximum absolute atomic E-state index is 11.4. The predicted octanol–water partition coefficient (Wildman–Crippen LogP) is 1.68. The van der Waals surface area contributed by atoms with Gasteiger partial charge in [0.25, 0.3) is 5.91 Å². The Morgan fingerprint density at radius 3 is 2.69 bits per heavy atom. The number of rotatable bonds is 1. The van der Waals surface area contributed by atoms with Crippen LogP contribution in [-0.4, -0.2) is 17.0 Å². The molecule has 0 aromatic heterocycles. The first-order chi connectivity index (χ1) is 6.00. The minimum atomic E-state index is -0.310. The number of nitrogens with zero attached hydrogens (tertiary/aromatic N) is 1. The molecule has 0 aromatic rings. The first-order valence-electron chi connectivity index (χ1n) is 3.70. The number of thioether (sulfide) groups is 2. The zero-order valence-electron chi connectivity index (χ0n) is 7.67. The number of carbonyl (C=O) groups excluding carboxylic acids is 1. The van der Waals surface area contributed by atoms with Gasteiger partial charge in [-0.05, 0) is 20.1 Å². The standard InChI is InChI=1S/C8H10N2OS2/c1-8(2)10-6(11)5(4-9)7(12-3)13-8/h1-3H3,(H,10,11). The molecule has 0 radical (unpaired) electrons. The predicted molar refractivity (Wildman–Crippen MR) is 56.0 cm³/mol. The Balaban J connectivity index is 3.08. The average Bonchev–Trinajstić information content (AvgIpc) is 2.01. The van der Waals surface area contributed by atoms with E-state index in [2.05, 4.69) is 5.32 Å². The molecule has 1 rings (SSSR count). The Kier molecular flexibility index (Phi) is 2.94. The van der Waals surface area contributed by atoms with Crippen LogP contribution in [0.15, 0.2) is 9.81 Å². The van der Waals surface area contributed by atoms with E-state index < -0.39 is 0 Å². The second kappa shape index (κ2) is 3.64. The largest absolute Gasteiger partial charge is 0.337 e. The van der Waals surface area contributed by atoms with E-state index in [4.69, 9.17) is 5.26 Å². The summed E-state index contributed by atoms with van der Waals surface area (Å²) >= 11 is 2.96. The van der Waals surface area contributed by atoms with Gasteiger partial charge in [-0.2, -0.15) is 5.26 Å². The summed E-state index contributed by atoms with van der Waals surface area (Å²) in [6.07, 6.45) is 1.87. The summed E-state index contributed by atoms with van der Waals surface area (Å²) in [5, 5.41) is 11.5. The highest BCUT2D eigenvalue weighted by Crippen LogP contribution is 2.40. The molecular formula is C8H10N2OS2. The van der Waals surface area contributed by atoms with Crippen LogP contribution in [0.25, 0.3) is 0 Å². The van der Waals surface area contributed by atoms with Crippen molar-refractivity contribution in [1.29, 1.82) is 5.26 Å². The monoisotopic (exact) mass is 214 g/mol. The molecule has 0 saturated carbocycles. The van der Waals surface area contributed by atoms with Gasteiger partial charge in [-0.25, -0.2) is 0 Å². The van der Waals surface area contributed by atoms with Crippen molar-refractivity contribution in [3.05, 3.63) is 9.81 Å². The highest BCUT2D eigenvalue weighted by atomic mass is 32.2. The Labute approximate surface area is 85.9 Å². The van der Waals surface area contributed by atoms with E-state index in [1.165, 1.54) is 23.5 Å². The number of hydrogen-bond donors (Lipinski definition) is 1. The second-order valence-electron chi connectivity index (χ2n) is 3.04. The van der Waals surface area contributed by atoms with Gasteiger partial charge < -0.3 is 5.32 Å². The van der Waals surface area contributed by atoms with Gasteiger partial charge in [0.05, 0.1) is 9.11 Å². The molecule has 1 aliphatic heterocycles. The zero-order chi connectivity index (χ0) is 10.1. The summed E-state index contributed by atoms with van der Waals surface area (Å²) in [7, 11) is 0. The van der Waals surface area contributed by atoms with E-state index in [1.807, 2.05) is 26.2 Å². The molecule has 0 saturated heterocycles. The van der Waals surface area contributed by atoms with Crippen molar-refractivity contribution in [3.63, 3.8) is 0 Å². The molecule has 1 N–H and O–H groups in total. The van der Waals surface area contributed by atoms with Crippen LogP contribution < -0.4 is 5.32 Å². The molecule has 3 nitrogen and oxygen atoms in total. The lowest BCUT2D eigenvalue weighted by Crippen LogP contribution is -2.44. The van der Waals surface area contributed by atoms with E-state index >= 15 is 0 Å². The second-order valence-corrected chi connectivity index (χ2v) is 5.75. The van der Waals surface area contributed by atoms with Crippen LogP contribution in [0, 0.1) is 11.3 Å². The number of nitriles is 1. The molecule has 1 aliphatic rings. The molecule has 0 spiro atoms. The van der Waals surface area contributed by atoms with Gasteiger partial charge in [0, 0.05) is 0 Å². The number of hydrogen-bond acceptors (Lipinski definition) is 4. The molecule has 1 amide bonds. The Hall–Kier alpha value is -0.600. The Bertz CT molecular complexity index is 315. The Morgan fingerprint density at radius 1 is 1.62 bits per heavy atom. The summed E-state index contributed by atoms with van der Waals surface area (Å²) in [5.74, 6) is -0.268. The van der Waals surface area contributed by atoms with Crippen LogP contribution >= 0.6 is 23.5 Å². The van der Waals surface area contributed by atoms with Gasteiger partial charge in [-0.3, -0.25) is 4.79 Å². The number of nitrogens with one attached hydrogen (secondary N) is 1. The lowest BCUT2D eigenvalue weighted by Gasteiger charge is -2.30. The molecule has 5 heteroatoms. The smallest absolute Gasteiger partial charge is 0.264 e. The van der Waals surface area contributed by atoms with Crippen molar-refractivity contribution >= 4 is 29.4 Å². The van der Waals surface area contributed by atoms with Crippen LogP contribution in [0.3, 0.4) is 0 Å². The quantitative estimate of drug-likeness (QED) is 0.721. The third-order valence-corrected chi connectivity index (χ3v) is 3.82. The van der Waals surface area contributed by atoms with Gasteiger partial charge >= 0.3 is 0 Å². The van der Waals surface area contributed by atoms with Gasteiger partial charge in [0.1, 0.15) is 11.6 Å². The van der Waals surface area contributed by atoms with Gasteiger partial charge in [-0.15, -0.1) is 11.8 Å². The first-order valence-corrected chi connectivity index (χ1v) is 5.74. The van der Waals surface area contributed by atoms with Crippen LogP contribution in [0.2, 0.25) is 0 Å². The lowest BCUT2D eigenvalue weighted by molar-refractivity contribution is -0.117. The normalized spacial score (nSPS) is 20.9. The van der Waals surface area contributed by atoms with E-state index in [1.54, 1.807) is 0 Å². The molecule has 70 valence electrons. The van der Waals surface area contributed by atoms with E-state index in [-0.39, 0.29) is 16.4 Å². The minimum Gasteiger partial charge on any atom is -0.337 e. The van der Waals surface area contributed by atoms with E-state index in [0.29, 0.717) is 0 Å². The fourth-order valence-electron chi connectivity index (χ4n) is 0.977. The molecule has 0 aromatic carbocycles. The van der Waals surface area contributed by atoms with Crippen LogP contribution in [0.1, 0.15) is 13.8 Å². The van der Waals surface area contributed by atoms with Crippen molar-refractivity contribution in [1.82, 2.24) is 5.32 Å². The topological polar surface area (TPSA) is 52.9 Å². The molecule has 1 heterocycles. The third-order valence-electron chi connectivity index (χ3n) is 1.49. The van der Waals surface area contributed by atoms with Crippen LogP contribution in [-0.2, 0) is 4.79 Å². The van der Waals surface area contributed by atoms with Crippen LogP contribution in [0.5, 0.6) is 0 Å². The van der Waals surface area contributed by atoms with Gasteiger partial charge in [0.2, 0.25) is 0 Å². The first kappa shape index (κ1) is 10.5. The van der Waals surface area contributed by atoms with Crippen molar-refractivity contribution in [3.8, 4) is 6.07 Å². The summed E-state index contributed by atoms with van der Waals surface area (Å²) in [6, 6.07) is 1.92. The van der Waals surface area contributed by atoms with Crippen molar-refractivity contribution in [2.75, 3.05) is 6.26 Å². The maximum Gasteiger partial charge on any atom is 0.264 e. The maximum atomic E-state index is 11.4. The fraction of sp³-hybridized carbons (Fsp3) is 0.500. The number of carbonyl (C=O) groups is 1. The molecule has 0 aliphatic carbocycles. The van der Waals surface area contributed by atoms with E-state index in [9.17, 15) is 4.79 Å². The van der Waals surface area contributed by atoms with Gasteiger partial charge in [-0.1, -0.05) is 11.8 Å². The summed E-state index contributed by atoms with van der Waals surface area (Å²) in [6.45, 7) is 3.83. The molecule has 0 unspecified atom stereocenters. The molecule has 0 atom stereocenters. The average molecular weight is 214 g/mol. The summed E-state index contributed by atoms with van der Waals surface area (Å²) < 4.78 is 0.802. The summed E-state index contributed by atoms with van der Waals surface area (Å²) in [5.41, 5.74) is 0.233. The molecule has 0 bridgehead atoms. The molecular weight excluding hydrogens is 204 g/mol. The van der Waals surface area contributed by atoms with Crippen molar-refractivity contribution < 1.29 is 4.79 Å². The zero-order valence-corrected chi connectivity index (χ0v) is 9.30. The lowest BCUT2D eigenvalue weighted by atomic mass is 10.2. The molecule has 13 heavy (non-hydrogen) atoms. The van der Waals surface area contributed by atoms with Crippen molar-refractivity contribution in [2.45, 2.75) is 18.7 Å². The molecule has 0 fully saturated rings. The Morgan fingerprint density at radius 2 is 2.23 bits per heavy atom. The van der Waals surface area contributed by atoms with E-state index in [0.717, 1.165) is 4.24 Å². The van der Waals surface area contributed by atoms with Crippen LogP contribution in [0.4, 0.5) is 0 Å². The highest BCUT2D eigenvalue weighted by Gasteiger charge is 2.32. The minimum absolute atomic E-state index is 0.233. The number of amides is 1. The van der Waals surface area contributed by atoms with Gasteiger partial charge in [0.15, 0.2) is 0 Å².